The second-order valence-electron chi connectivity index (χ2n) is 6.45. The molecule has 0 amide bonds. The predicted molar refractivity (Wildman–Crippen MR) is 113 cm³/mol. The van der Waals surface area contributed by atoms with Gasteiger partial charge in [0.25, 0.3) is 6.01 Å². The Balaban J connectivity index is 1.68. The number of anilines is 2. The van der Waals surface area contributed by atoms with Gasteiger partial charge in [-0.3, -0.25) is 0 Å². The fourth-order valence-corrected chi connectivity index (χ4v) is 3.57. The van der Waals surface area contributed by atoms with Crippen LogP contribution in [0.5, 0.6) is 0 Å². The van der Waals surface area contributed by atoms with Crippen LogP contribution in [0.4, 0.5) is 11.8 Å². The third kappa shape index (κ3) is 3.02. The van der Waals surface area contributed by atoms with Crippen molar-refractivity contribution in [2.24, 2.45) is 0 Å². The number of nitrogen functional groups attached to an aromatic ring is 2. The first-order chi connectivity index (χ1) is 14.0. The van der Waals surface area contributed by atoms with E-state index in [1.165, 1.54) is 6.33 Å². The monoisotopic (exact) mass is 425 g/mol. The molecule has 0 fully saturated rings. The predicted octanol–water partition coefficient (Wildman–Crippen LogP) is 4.15. The lowest BCUT2D eigenvalue weighted by Crippen LogP contribution is -2.03. The summed E-state index contributed by atoms with van der Waals surface area (Å²) < 4.78 is 7.10. The summed E-state index contributed by atoms with van der Waals surface area (Å²) in [6, 6.07) is 11.0. The highest BCUT2D eigenvalue weighted by molar-refractivity contribution is 6.42. The van der Waals surface area contributed by atoms with E-state index in [4.69, 9.17) is 44.2 Å². The van der Waals surface area contributed by atoms with Crippen molar-refractivity contribution in [1.29, 1.82) is 0 Å². The van der Waals surface area contributed by atoms with E-state index in [9.17, 15) is 0 Å². The minimum absolute atomic E-state index is 0.106. The van der Waals surface area contributed by atoms with Crippen LogP contribution in [-0.4, -0.2) is 24.7 Å². The standard InChI is InChI=1S/C19H13Cl2N7O/c20-11-3-1-9(5-12(11)21)7-28-18-15(17(22)24-8-25-18)16(27-28)10-2-4-14-13(6-10)26-19(23)29-14/h1-6,8H,7H2,(H2,23,26)(H2,22,24,25). The van der Waals surface area contributed by atoms with Crippen molar-refractivity contribution in [1.82, 2.24) is 24.7 Å². The minimum atomic E-state index is 0.106. The van der Waals surface area contributed by atoms with Gasteiger partial charge in [-0.2, -0.15) is 10.1 Å². The van der Waals surface area contributed by atoms with Gasteiger partial charge in [0.2, 0.25) is 0 Å². The molecule has 10 heteroatoms. The average molecular weight is 426 g/mol. The second-order valence-corrected chi connectivity index (χ2v) is 7.26. The highest BCUT2D eigenvalue weighted by atomic mass is 35.5. The van der Waals surface area contributed by atoms with Crippen LogP contribution >= 0.6 is 23.2 Å². The number of halogens is 2. The van der Waals surface area contributed by atoms with Crippen LogP contribution in [0.25, 0.3) is 33.4 Å². The number of benzene rings is 2. The first kappa shape index (κ1) is 17.7. The summed E-state index contributed by atoms with van der Waals surface area (Å²) in [6.45, 7) is 0.434. The van der Waals surface area contributed by atoms with E-state index >= 15 is 0 Å². The molecule has 4 N–H and O–H groups in total. The van der Waals surface area contributed by atoms with E-state index in [2.05, 4.69) is 15.0 Å². The average Bonchev–Trinajstić information content (AvgIpc) is 3.25. The molecule has 0 radical (unpaired) electrons. The molecule has 0 unspecified atom stereocenters. The normalized spacial score (nSPS) is 11.5. The lowest BCUT2D eigenvalue weighted by molar-refractivity contribution is 0.626. The quantitative estimate of drug-likeness (QED) is 0.444. The number of hydrogen-bond acceptors (Lipinski definition) is 7. The molecule has 2 aromatic carbocycles. The minimum Gasteiger partial charge on any atom is -0.424 e. The Labute approximate surface area is 174 Å². The fourth-order valence-electron chi connectivity index (χ4n) is 3.25. The molecule has 0 saturated heterocycles. The Morgan fingerprint density at radius 1 is 1.00 bits per heavy atom. The van der Waals surface area contributed by atoms with Gasteiger partial charge in [0, 0.05) is 5.56 Å². The SMILES string of the molecule is Nc1nc2cc(-c3nn(Cc4ccc(Cl)c(Cl)c4)c4ncnc(N)c34)ccc2o1. The number of hydrogen-bond donors (Lipinski definition) is 2. The Kier molecular flexibility index (Phi) is 4.04. The van der Waals surface area contributed by atoms with E-state index in [0.29, 0.717) is 50.2 Å². The van der Waals surface area contributed by atoms with Gasteiger partial charge in [-0.05, 0) is 35.9 Å². The van der Waals surface area contributed by atoms with Crippen LogP contribution in [0.2, 0.25) is 10.0 Å². The van der Waals surface area contributed by atoms with E-state index in [0.717, 1.165) is 11.1 Å². The molecule has 0 spiro atoms. The van der Waals surface area contributed by atoms with Gasteiger partial charge in [0.15, 0.2) is 11.2 Å². The van der Waals surface area contributed by atoms with Crippen molar-refractivity contribution < 1.29 is 4.42 Å². The molecule has 5 aromatic rings. The topological polar surface area (TPSA) is 122 Å². The van der Waals surface area contributed by atoms with Crippen LogP contribution in [0, 0.1) is 0 Å². The van der Waals surface area contributed by atoms with Gasteiger partial charge >= 0.3 is 0 Å². The Hall–Kier alpha value is -3.36. The number of aromatic nitrogens is 5. The molecule has 0 aliphatic carbocycles. The van der Waals surface area contributed by atoms with E-state index < -0.39 is 0 Å². The highest BCUT2D eigenvalue weighted by Gasteiger charge is 2.18. The zero-order chi connectivity index (χ0) is 20.1. The molecule has 0 aliphatic heterocycles. The van der Waals surface area contributed by atoms with Gasteiger partial charge in [-0.25, -0.2) is 14.6 Å². The van der Waals surface area contributed by atoms with Crippen molar-refractivity contribution >= 4 is 57.2 Å². The third-order valence-corrected chi connectivity index (χ3v) is 5.29. The molecule has 0 bridgehead atoms. The van der Waals surface area contributed by atoms with Gasteiger partial charge in [0.05, 0.1) is 22.0 Å². The number of nitrogens with zero attached hydrogens (tertiary/aromatic N) is 5. The zero-order valence-corrected chi connectivity index (χ0v) is 16.3. The smallest absolute Gasteiger partial charge is 0.292 e. The molecule has 5 rings (SSSR count). The Bertz CT molecular complexity index is 1390. The fraction of sp³-hybridized carbons (Fsp3) is 0.0526. The number of oxazole rings is 1. The van der Waals surface area contributed by atoms with Gasteiger partial charge < -0.3 is 15.9 Å². The van der Waals surface area contributed by atoms with Crippen LogP contribution in [0.1, 0.15) is 5.56 Å². The van der Waals surface area contributed by atoms with Crippen LogP contribution in [0.3, 0.4) is 0 Å². The van der Waals surface area contributed by atoms with Crippen LogP contribution < -0.4 is 11.5 Å². The van der Waals surface area contributed by atoms with Crippen LogP contribution in [-0.2, 0) is 6.54 Å². The van der Waals surface area contributed by atoms with Crippen molar-refractivity contribution in [3.05, 3.63) is 58.3 Å². The molecule has 3 aromatic heterocycles. The summed E-state index contributed by atoms with van der Waals surface area (Å²) >= 11 is 12.2. The van der Waals surface area contributed by atoms with Crippen molar-refractivity contribution in [2.45, 2.75) is 6.54 Å². The number of nitrogens with two attached hydrogens (primary N) is 2. The molecule has 8 nitrogen and oxygen atoms in total. The molecule has 0 atom stereocenters. The molecule has 0 saturated carbocycles. The maximum atomic E-state index is 6.16. The zero-order valence-electron chi connectivity index (χ0n) is 14.8. The molecule has 29 heavy (non-hydrogen) atoms. The van der Waals surface area contributed by atoms with Gasteiger partial charge in [0.1, 0.15) is 23.4 Å². The summed E-state index contributed by atoms with van der Waals surface area (Å²) in [5, 5.41) is 6.38. The number of rotatable bonds is 3. The van der Waals surface area contributed by atoms with Crippen molar-refractivity contribution in [2.75, 3.05) is 11.5 Å². The largest absolute Gasteiger partial charge is 0.424 e. The van der Waals surface area contributed by atoms with Crippen molar-refractivity contribution in [3.8, 4) is 11.3 Å². The summed E-state index contributed by atoms with van der Waals surface area (Å²) in [4.78, 5) is 12.7. The highest BCUT2D eigenvalue weighted by Crippen LogP contribution is 2.33. The first-order valence-electron chi connectivity index (χ1n) is 8.57. The molecule has 3 heterocycles. The molecule has 144 valence electrons. The summed E-state index contributed by atoms with van der Waals surface area (Å²) in [5.74, 6) is 0.338. The first-order valence-corrected chi connectivity index (χ1v) is 9.32. The van der Waals surface area contributed by atoms with Gasteiger partial charge in [-0.15, -0.1) is 0 Å². The molecular formula is C19H13Cl2N7O. The Morgan fingerprint density at radius 3 is 2.69 bits per heavy atom. The maximum absolute atomic E-state index is 6.16. The Morgan fingerprint density at radius 2 is 1.86 bits per heavy atom. The lowest BCUT2D eigenvalue weighted by atomic mass is 10.1. The number of fused-ring (bicyclic) bond motifs is 2. The van der Waals surface area contributed by atoms with E-state index in [1.807, 2.05) is 18.2 Å². The van der Waals surface area contributed by atoms with E-state index in [-0.39, 0.29) is 6.01 Å². The summed E-state index contributed by atoms with van der Waals surface area (Å²) in [7, 11) is 0. The molecular weight excluding hydrogens is 413 g/mol. The van der Waals surface area contributed by atoms with Crippen molar-refractivity contribution in [3.63, 3.8) is 0 Å². The van der Waals surface area contributed by atoms with E-state index in [1.54, 1.807) is 22.9 Å². The van der Waals surface area contributed by atoms with Gasteiger partial charge in [-0.1, -0.05) is 29.3 Å². The third-order valence-electron chi connectivity index (χ3n) is 4.55. The second kappa shape index (κ2) is 6.61. The summed E-state index contributed by atoms with van der Waals surface area (Å²) in [5.41, 5.74) is 16.0. The van der Waals surface area contributed by atoms with Crippen LogP contribution in [0.15, 0.2) is 47.1 Å². The molecule has 0 aliphatic rings. The maximum Gasteiger partial charge on any atom is 0.292 e. The summed E-state index contributed by atoms with van der Waals surface area (Å²) in [6.07, 6.45) is 1.41. The lowest BCUT2D eigenvalue weighted by Gasteiger charge is -2.05.